The van der Waals surface area contributed by atoms with Crippen molar-refractivity contribution in [1.82, 2.24) is 0 Å². The van der Waals surface area contributed by atoms with Crippen LogP contribution in [0.4, 0.5) is 14.5 Å². The number of methoxy groups -OCH3 is 1. The van der Waals surface area contributed by atoms with Crippen LogP contribution in [-0.2, 0) is 6.61 Å². The summed E-state index contributed by atoms with van der Waals surface area (Å²) in [6.07, 6.45) is 0. The molecule has 0 fully saturated rings. The zero-order valence-electron chi connectivity index (χ0n) is 14.9. The lowest BCUT2D eigenvalue weighted by molar-refractivity contribution is -0.0493. The van der Waals surface area contributed by atoms with Gasteiger partial charge in [0.15, 0.2) is 5.76 Å². The smallest absolute Gasteiger partial charge is 0.387 e. The number of halogens is 2. The number of para-hydroxylation sites is 2. The normalized spacial score (nSPS) is 10.6. The highest BCUT2D eigenvalue weighted by Gasteiger charge is 2.15. The largest absolute Gasteiger partial charge is 0.497 e. The van der Waals surface area contributed by atoms with Crippen LogP contribution in [0.25, 0.3) is 0 Å². The molecule has 1 amide bonds. The molecule has 0 spiro atoms. The number of ether oxygens (including phenoxy) is 3. The Bertz CT molecular complexity index is 924. The Balaban J connectivity index is 1.61. The molecule has 3 rings (SSSR count). The van der Waals surface area contributed by atoms with Crippen LogP contribution in [0.3, 0.4) is 0 Å². The summed E-state index contributed by atoms with van der Waals surface area (Å²) in [5.41, 5.74) is 0.111. The number of hydrogen-bond donors (Lipinski definition) is 1. The minimum atomic E-state index is -3.00. The third-order valence-electron chi connectivity index (χ3n) is 3.68. The summed E-state index contributed by atoms with van der Waals surface area (Å²) < 4.78 is 45.4. The maximum Gasteiger partial charge on any atom is 0.387 e. The average molecular weight is 389 g/mol. The molecule has 1 heterocycles. The van der Waals surface area contributed by atoms with E-state index in [1.807, 2.05) is 0 Å². The molecule has 28 heavy (non-hydrogen) atoms. The molecule has 0 aliphatic carbocycles. The second kappa shape index (κ2) is 8.90. The fourth-order valence-corrected chi connectivity index (χ4v) is 2.36. The second-order valence-corrected chi connectivity index (χ2v) is 5.56. The van der Waals surface area contributed by atoms with Gasteiger partial charge in [0.1, 0.15) is 29.6 Å². The number of anilines is 1. The van der Waals surface area contributed by atoms with Crippen molar-refractivity contribution >= 4 is 11.6 Å². The van der Waals surface area contributed by atoms with Crippen LogP contribution in [0.1, 0.15) is 16.3 Å². The Morgan fingerprint density at radius 1 is 1.04 bits per heavy atom. The monoisotopic (exact) mass is 389 g/mol. The molecular formula is C20H17F2NO5. The number of carbonyl (C=O) groups excluding carboxylic acids is 1. The molecule has 0 saturated heterocycles. The van der Waals surface area contributed by atoms with Gasteiger partial charge in [0.2, 0.25) is 0 Å². The lowest BCUT2D eigenvalue weighted by Gasteiger charge is -2.10. The summed E-state index contributed by atoms with van der Waals surface area (Å²) in [5, 5.41) is 2.49. The van der Waals surface area contributed by atoms with Gasteiger partial charge in [0.25, 0.3) is 5.91 Å². The third-order valence-corrected chi connectivity index (χ3v) is 3.68. The van der Waals surface area contributed by atoms with Crippen molar-refractivity contribution in [2.75, 3.05) is 12.4 Å². The fraction of sp³-hybridized carbons (Fsp3) is 0.150. The zero-order valence-corrected chi connectivity index (χ0v) is 14.9. The maximum atomic E-state index is 12.5. The van der Waals surface area contributed by atoms with Gasteiger partial charge in [-0.15, -0.1) is 0 Å². The summed E-state index contributed by atoms with van der Waals surface area (Å²) in [6, 6.07) is 16.0. The van der Waals surface area contributed by atoms with Crippen LogP contribution in [0.15, 0.2) is 65.1 Å². The number of carbonyl (C=O) groups is 1. The molecule has 1 aromatic heterocycles. The molecule has 0 unspecified atom stereocenters. The van der Waals surface area contributed by atoms with Gasteiger partial charge >= 0.3 is 6.61 Å². The molecular weight excluding hydrogens is 372 g/mol. The number of furan rings is 1. The molecule has 6 nitrogen and oxygen atoms in total. The first-order valence-electron chi connectivity index (χ1n) is 8.26. The minimum absolute atomic E-state index is 0.0141. The summed E-state index contributed by atoms with van der Waals surface area (Å²) >= 11 is 0. The van der Waals surface area contributed by atoms with E-state index in [4.69, 9.17) is 13.9 Å². The Labute approximate surface area is 159 Å². The van der Waals surface area contributed by atoms with Crippen LogP contribution in [-0.4, -0.2) is 19.6 Å². The van der Waals surface area contributed by atoms with Crippen molar-refractivity contribution in [2.24, 2.45) is 0 Å². The topological polar surface area (TPSA) is 69.9 Å². The SMILES string of the molecule is COc1ccc(OCc2ccc(C(=O)Nc3ccccc3OC(F)F)o2)cc1. The first-order valence-corrected chi connectivity index (χ1v) is 8.26. The molecule has 0 bridgehead atoms. The molecule has 0 aliphatic rings. The number of nitrogens with one attached hydrogen (secondary N) is 1. The van der Waals surface area contributed by atoms with E-state index in [1.54, 1.807) is 43.5 Å². The van der Waals surface area contributed by atoms with E-state index in [0.717, 1.165) is 0 Å². The lowest BCUT2D eigenvalue weighted by Crippen LogP contribution is -2.13. The highest BCUT2D eigenvalue weighted by Crippen LogP contribution is 2.26. The van der Waals surface area contributed by atoms with Gasteiger partial charge in [-0.3, -0.25) is 4.79 Å². The molecule has 146 valence electrons. The Kier molecular flexibility index (Phi) is 6.11. The second-order valence-electron chi connectivity index (χ2n) is 5.56. The molecule has 0 radical (unpaired) electrons. The van der Waals surface area contributed by atoms with Gasteiger partial charge in [0, 0.05) is 0 Å². The van der Waals surface area contributed by atoms with Crippen molar-refractivity contribution in [3.8, 4) is 17.2 Å². The number of benzene rings is 2. The molecule has 0 aliphatic heterocycles. The highest BCUT2D eigenvalue weighted by atomic mass is 19.3. The van der Waals surface area contributed by atoms with Crippen molar-refractivity contribution in [3.05, 3.63) is 72.2 Å². The Morgan fingerprint density at radius 2 is 1.75 bits per heavy atom. The quantitative estimate of drug-likeness (QED) is 0.604. The van der Waals surface area contributed by atoms with Gasteiger partial charge in [0.05, 0.1) is 12.8 Å². The minimum Gasteiger partial charge on any atom is -0.497 e. The maximum absolute atomic E-state index is 12.5. The van der Waals surface area contributed by atoms with Crippen LogP contribution in [0.2, 0.25) is 0 Å². The summed E-state index contributed by atoms with van der Waals surface area (Å²) in [6.45, 7) is -2.88. The van der Waals surface area contributed by atoms with Gasteiger partial charge < -0.3 is 23.9 Å². The van der Waals surface area contributed by atoms with Crippen LogP contribution >= 0.6 is 0 Å². The van der Waals surface area contributed by atoms with Crippen LogP contribution in [0.5, 0.6) is 17.2 Å². The molecule has 1 N–H and O–H groups in total. The van der Waals surface area contributed by atoms with E-state index in [-0.39, 0.29) is 23.8 Å². The van der Waals surface area contributed by atoms with Crippen molar-refractivity contribution in [3.63, 3.8) is 0 Å². The van der Waals surface area contributed by atoms with Gasteiger partial charge in [-0.1, -0.05) is 12.1 Å². The number of alkyl halides is 2. The zero-order chi connectivity index (χ0) is 19.9. The predicted molar refractivity (Wildman–Crippen MR) is 97.1 cm³/mol. The Morgan fingerprint density at radius 3 is 2.46 bits per heavy atom. The van der Waals surface area contributed by atoms with Gasteiger partial charge in [-0.05, 0) is 48.5 Å². The van der Waals surface area contributed by atoms with Gasteiger partial charge in [-0.2, -0.15) is 8.78 Å². The summed E-state index contributed by atoms with van der Waals surface area (Å²) in [7, 11) is 1.57. The number of rotatable bonds is 8. The van der Waals surface area contributed by atoms with E-state index in [1.165, 1.54) is 24.3 Å². The van der Waals surface area contributed by atoms with E-state index in [9.17, 15) is 13.6 Å². The molecule has 2 aromatic carbocycles. The molecule has 3 aromatic rings. The molecule has 8 heteroatoms. The highest BCUT2D eigenvalue weighted by molar-refractivity contribution is 6.03. The predicted octanol–water partition coefficient (Wildman–Crippen LogP) is 4.72. The lowest BCUT2D eigenvalue weighted by atomic mass is 10.3. The van der Waals surface area contributed by atoms with E-state index in [2.05, 4.69) is 10.1 Å². The van der Waals surface area contributed by atoms with E-state index >= 15 is 0 Å². The Hall–Kier alpha value is -3.55. The van der Waals surface area contributed by atoms with Crippen molar-refractivity contribution in [2.45, 2.75) is 13.2 Å². The van der Waals surface area contributed by atoms with E-state index < -0.39 is 12.5 Å². The standard InChI is InChI=1S/C20H17F2NO5/c1-25-13-6-8-14(9-7-13)26-12-15-10-11-18(27-15)19(24)23-16-4-2-3-5-17(16)28-20(21)22/h2-11,20H,12H2,1H3,(H,23,24). The van der Waals surface area contributed by atoms with Crippen LogP contribution < -0.4 is 19.5 Å². The molecule has 0 atom stereocenters. The molecule has 0 saturated carbocycles. The van der Waals surface area contributed by atoms with E-state index in [0.29, 0.717) is 17.3 Å². The fourth-order valence-electron chi connectivity index (χ4n) is 2.36. The van der Waals surface area contributed by atoms with Crippen molar-refractivity contribution < 1.29 is 32.2 Å². The van der Waals surface area contributed by atoms with Crippen LogP contribution in [0, 0.1) is 0 Å². The summed E-state index contributed by atoms with van der Waals surface area (Å²) in [4.78, 5) is 12.3. The average Bonchev–Trinajstić information content (AvgIpc) is 3.17. The summed E-state index contributed by atoms with van der Waals surface area (Å²) in [5.74, 6) is 1.03. The first kappa shape index (κ1) is 19.2. The van der Waals surface area contributed by atoms with Crippen molar-refractivity contribution in [1.29, 1.82) is 0 Å². The van der Waals surface area contributed by atoms with Gasteiger partial charge in [-0.25, -0.2) is 0 Å². The third kappa shape index (κ3) is 5.00. The first-order chi connectivity index (χ1) is 13.5. The number of amides is 1. The number of hydrogen-bond acceptors (Lipinski definition) is 5.